The van der Waals surface area contributed by atoms with E-state index in [4.69, 9.17) is 9.15 Å². The van der Waals surface area contributed by atoms with E-state index < -0.39 is 30.5 Å². The Hall–Kier alpha value is -3.16. The van der Waals surface area contributed by atoms with Crippen LogP contribution < -0.4 is 10.7 Å². The highest BCUT2D eigenvalue weighted by Gasteiger charge is 2.27. The summed E-state index contributed by atoms with van der Waals surface area (Å²) < 4.78 is 15.0. The van der Waals surface area contributed by atoms with Crippen LogP contribution in [0.25, 0.3) is 11.0 Å². The minimum absolute atomic E-state index is 0.158. The molecular formula is C20H23NO7. The van der Waals surface area contributed by atoms with Crippen LogP contribution in [0.2, 0.25) is 0 Å². The first-order chi connectivity index (χ1) is 13.3. The molecule has 2 rings (SSSR count). The van der Waals surface area contributed by atoms with Gasteiger partial charge in [-0.25, -0.2) is 9.59 Å². The van der Waals surface area contributed by atoms with Crippen LogP contribution in [0, 0.1) is 12.8 Å². The number of amides is 1. The average Bonchev–Trinajstić information content (AvgIpc) is 2.69. The Bertz CT molecular complexity index is 947. The Balaban J connectivity index is 2.06. The Morgan fingerprint density at radius 3 is 2.57 bits per heavy atom. The molecule has 2 aromatic rings. The second-order valence-corrected chi connectivity index (χ2v) is 6.50. The zero-order chi connectivity index (χ0) is 20.8. The molecular weight excluding hydrogens is 366 g/mol. The zero-order valence-electron chi connectivity index (χ0n) is 16.2. The molecule has 1 aromatic heterocycles. The molecule has 28 heavy (non-hydrogen) atoms. The maximum absolute atomic E-state index is 12.2. The van der Waals surface area contributed by atoms with E-state index in [1.54, 1.807) is 25.1 Å². The number of nitrogens with one attached hydrogen (secondary N) is 1. The SMILES string of the molecule is CC[C@@H](C)[C@@H](NC(=O)COC(=O)c1cc(=O)c2cc(C)ccc2o1)C(=O)OC. The Morgan fingerprint density at radius 1 is 1.21 bits per heavy atom. The molecule has 0 radical (unpaired) electrons. The topological polar surface area (TPSA) is 112 Å². The van der Waals surface area contributed by atoms with Crippen LogP contribution >= 0.6 is 0 Å². The van der Waals surface area contributed by atoms with Gasteiger partial charge in [-0.3, -0.25) is 9.59 Å². The molecule has 0 saturated heterocycles. The normalized spacial score (nSPS) is 12.9. The largest absolute Gasteiger partial charge is 0.467 e. The number of carbonyl (C=O) groups is 3. The van der Waals surface area contributed by atoms with Gasteiger partial charge >= 0.3 is 11.9 Å². The lowest BCUT2D eigenvalue weighted by molar-refractivity contribution is -0.147. The summed E-state index contributed by atoms with van der Waals surface area (Å²) >= 11 is 0. The van der Waals surface area contributed by atoms with Crippen LogP contribution in [-0.2, 0) is 19.1 Å². The fourth-order valence-electron chi connectivity index (χ4n) is 2.58. The van der Waals surface area contributed by atoms with Crippen molar-refractivity contribution in [3.05, 3.63) is 45.8 Å². The molecule has 1 amide bonds. The van der Waals surface area contributed by atoms with Gasteiger partial charge in [0.15, 0.2) is 12.0 Å². The van der Waals surface area contributed by atoms with E-state index >= 15 is 0 Å². The Labute approximate surface area is 161 Å². The van der Waals surface area contributed by atoms with Crippen molar-refractivity contribution >= 4 is 28.8 Å². The number of hydrogen-bond acceptors (Lipinski definition) is 7. The maximum Gasteiger partial charge on any atom is 0.374 e. The second kappa shape index (κ2) is 9.16. The minimum atomic E-state index is -0.951. The van der Waals surface area contributed by atoms with Crippen molar-refractivity contribution in [3.8, 4) is 0 Å². The van der Waals surface area contributed by atoms with Crippen molar-refractivity contribution in [2.45, 2.75) is 33.2 Å². The lowest BCUT2D eigenvalue weighted by atomic mass is 9.99. The molecule has 8 heteroatoms. The van der Waals surface area contributed by atoms with Gasteiger partial charge in [-0.1, -0.05) is 31.9 Å². The van der Waals surface area contributed by atoms with Crippen molar-refractivity contribution in [3.63, 3.8) is 0 Å². The monoisotopic (exact) mass is 389 g/mol. The molecule has 150 valence electrons. The van der Waals surface area contributed by atoms with E-state index in [1.165, 1.54) is 7.11 Å². The molecule has 0 aliphatic carbocycles. The van der Waals surface area contributed by atoms with Gasteiger partial charge in [0.2, 0.25) is 5.76 Å². The fourth-order valence-corrected chi connectivity index (χ4v) is 2.58. The van der Waals surface area contributed by atoms with Crippen LogP contribution in [0.3, 0.4) is 0 Å². The van der Waals surface area contributed by atoms with Gasteiger partial charge in [0.05, 0.1) is 12.5 Å². The van der Waals surface area contributed by atoms with E-state index in [1.807, 2.05) is 13.8 Å². The minimum Gasteiger partial charge on any atom is -0.467 e. The first-order valence-corrected chi connectivity index (χ1v) is 8.85. The van der Waals surface area contributed by atoms with Crippen molar-refractivity contribution < 1.29 is 28.3 Å². The molecule has 0 fully saturated rings. The molecule has 0 saturated carbocycles. The second-order valence-electron chi connectivity index (χ2n) is 6.50. The number of hydrogen-bond donors (Lipinski definition) is 1. The van der Waals surface area contributed by atoms with Crippen LogP contribution in [0.1, 0.15) is 36.4 Å². The van der Waals surface area contributed by atoms with Crippen LogP contribution in [0.15, 0.2) is 33.5 Å². The van der Waals surface area contributed by atoms with Crippen LogP contribution in [0.4, 0.5) is 0 Å². The molecule has 1 heterocycles. The first kappa shape index (κ1) is 21.1. The summed E-state index contributed by atoms with van der Waals surface area (Å²) in [7, 11) is 1.23. The third kappa shape index (κ3) is 4.97. The van der Waals surface area contributed by atoms with Crippen LogP contribution in [0.5, 0.6) is 0 Å². The molecule has 0 unspecified atom stereocenters. The predicted octanol–water partition coefficient (Wildman–Crippen LogP) is 1.96. The fraction of sp³-hybridized carbons (Fsp3) is 0.400. The van der Waals surface area contributed by atoms with E-state index in [0.29, 0.717) is 11.8 Å². The number of benzene rings is 1. The van der Waals surface area contributed by atoms with Gasteiger partial charge in [-0.05, 0) is 25.0 Å². The summed E-state index contributed by atoms with van der Waals surface area (Å²) in [5, 5.41) is 2.84. The lowest BCUT2D eigenvalue weighted by Gasteiger charge is -2.21. The summed E-state index contributed by atoms with van der Waals surface area (Å²) in [6.07, 6.45) is 0.640. The van der Waals surface area contributed by atoms with Crippen LogP contribution in [-0.4, -0.2) is 37.6 Å². The van der Waals surface area contributed by atoms with E-state index in [0.717, 1.165) is 11.6 Å². The van der Waals surface area contributed by atoms with Crippen molar-refractivity contribution in [2.75, 3.05) is 13.7 Å². The summed E-state index contributed by atoms with van der Waals surface area (Å²) in [5.41, 5.74) is 0.745. The van der Waals surface area contributed by atoms with Gasteiger partial charge < -0.3 is 19.2 Å². The van der Waals surface area contributed by atoms with E-state index in [9.17, 15) is 19.2 Å². The number of methoxy groups -OCH3 is 1. The molecule has 1 aromatic carbocycles. The van der Waals surface area contributed by atoms with E-state index in [-0.39, 0.29) is 22.7 Å². The molecule has 0 bridgehead atoms. The Kier molecular flexibility index (Phi) is 6.92. The molecule has 1 N–H and O–H groups in total. The third-order valence-corrected chi connectivity index (χ3v) is 4.40. The number of ether oxygens (including phenoxy) is 2. The quantitative estimate of drug-likeness (QED) is 0.721. The average molecular weight is 389 g/mol. The first-order valence-electron chi connectivity index (χ1n) is 8.85. The Morgan fingerprint density at radius 2 is 1.93 bits per heavy atom. The molecule has 0 aliphatic rings. The van der Waals surface area contributed by atoms with Gasteiger partial charge in [-0.15, -0.1) is 0 Å². The van der Waals surface area contributed by atoms with Gasteiger partial charge in [-0.2, -0.15) is 0 Å². The lowest BCUT2D eigenvalue weighted by Crippen LogP contribution is -2.47. The third-order valence-electron chi connectivity index (χ3n) is 4.40. The van der Waals surface area contributed by atoms with Crippen molar-refractivity contribution in [2.24, 2.45) is 5.92 Å². The highest BCUT2D eigenvalue weighted by atomic mass is 16.5. The van der Waals surface area contributed by atoms with Gasteiger partial charge in [0, 0.05) is 6.07 Å². The zero-order valence-corrected chi connectivity index (χ0v) is 16.2. The number of aryl methyl sites for hydroxylation is 1. The molecule has 2 atom stereocenters. The highest BCUT2D eigenvalue weighted by molar-refractivity contribution is 5.91. The molecule has 0 aliphatic heterocycles. The van der Waals surface area contributed by atoms with Gasteiger partial charge in [0.25, 0.3) is 5.91 Å². The number of rotatable bonds is 7. The summed E-state index contributed by atoms with van der Waals surface area (Å²) in [6.45, 7) is 4.87. The van der Waals surface area contributed by atoms with E-state index in [2.05, 4.69) is 10.1 Å². The number of carbonyl (C=O) groups excluding carboxylic acids is 3. The van der Waals surface area contributed by atoms with Gasteiger partial charge in [0.1, 0.15) is 11.6 Å². The predicted molar refractivity (Wildman–Crippen MR) is 101 cm³/mol. The number of esters is 2. The molecule has 8 nitrogen and oxygen atoms in total. The van der Waals surface area contributed by atoms with Crippen molar-refractivity contribution in [1.29, 1.82) is 0 Å². The standard InChI is InChI=1S/C20H23NO7/c1-5-12(3)18(20(25)26-4)21-17(23)10-27-19(24)16-9-14(22)13-8-11(2)6-7-15(13)28-16/h6-9,12,18H,5,10H2,1-4H3,(H,21,23)/t12-,18-/m1/s1. The number of fused-ring (bicyclic) bond motifs is 1. The summed E-state index contributed by atoms with van der Waals surface area (Å²) in [6, 6.07) is 5.17. The maximum atomic E-state index is 12.2. The highest BCUT2D eigenvalue weighted by Crippen LogP contribution is 2.15. The van der Waals surface area contributed by atoms with Crippen molar-refractivity contribution in [1.82, 2.24) is 5.32 Å². The molecule has 0 spiro atoms. The smallest absolute Gasteiger partial charge is 0.374 e. The summed E-state index contributed by atoms with van der Waals surface area (Å²) in [4.78, 5) is 48.2. The summed E-state index contributed by atoms with van der Waals surface area (Å²) in [5.74, 6) is -2.66.